The van der Waals surface area contributed by atoms with Crippen molar-refractivity contribution in [2.75, 3.05) is 11.9 Å². The Kier molecular flexibility index (Phi) is 3.09. The Labute approximate surface area is 86.0 Å². The minimum Gasteiger partial charge on any atom is -0.368 e. The van der Waals surface area contributed by atoms with Gasteiger partial charge in [-0.2, -0.15) is 0 Å². The van der Waals surface area contributed by atoms with Crippen molar-refractivity contribution >= 4 is 5.82 Å². The third-order valence-corrected chi connectivity index (χ3v) is 1.86. The zero-order chi connectivity index (χ0) is 10.8. The second-order valence-electron chi connectivity index (χ2n) is 4.86. The van der Waals surface area contributed by atoms with Crippen LogP contribution >= 0.6 is 0 Å². The lowest BCUT2D eigenvalue weighted by atomic mass is 9.97. The molecule has 78 valence electrons. The van der Waals surface area contributed by atoms with Crippen molar-refractivity contribution in [3.05, 3.63) is 17.6 Å². The van der Waals surface area contributed by atoms with Gasteiger partial charge in [-0.25, -0.2) is 4.98 Å². The van der Waals surface area contributed by atoms with Crippen molar-refractivity contribution in [3.63, 3.8) is 0 Å². The minimum absolute atomic E-state index is 0.262. The maximum atomic E-state index is 4.40. The molecule has 3 heteroatoms. The molecule has 0 saturated heterocycles. The molecule has 0 radical (unpaired) electrons. The average Bonchev–Trinajstić information content (AvgIpc) is 2.05. The molecule has 0 amide bonds. The predicted molar refractivity (Wildman–Crippen MR) is 59.5 cm³/mol. The van der Waals surface area contributed by atoms with E-state index in [-0.39, 0.29) is 5.41 Å². The molecule has 0 aliphatic heterocycles. The maximum absolute atomic E-state index is 4.40. The highest BCUT2D eigenvalue weighted by Gasteiger charge is 2.11. The fraction of sp³-hybridized carbons (Fsp3) is 0.636. The largest absolute Gasteiger partial charge is 0.368 e. The fourth-order valence-corrected chi connectivity index (χ4v) is 1.05. The van der Waals surface area contributed by atoms with Crippen molar-refractivity contribution in [1.29, 1.82) is 0 Å². The first kappa shape index (κ1) is 11.0. The molecule has 0 spiro atoms. The van der Waals surface area contributed by atoms with Crippen LogP contribution in [0.25, 0.3) is 0 Å². The fourth-order valence-electron chi connectivity index (χ4n) is 1.05. The van der Waals surface area contributed by atoms with E-state index in [2.05, 4.69) is 36.1 Å². The van der Waals surface area contributed by atoms with Gasteiger partial charge in [-0.3, -0.25) is 4.98 Å². The van der Waals surface area contributed by atoms with Gasteiger partial charge in [0.2, 0.25) is 0 Å². The van der Waals surface area contributed by atoms with Crippen LogP contribution in [0.2, 0.25) is 0 Å². The summed E-state index contributed by atoms with van der Waals surface area (Å²) in [5, 5.41) is 3.32. The summed E-state index contributed by atoms with van der Waals surface area (Å²) in [6, 6.07) is 0. The first-order chi connectivity index (χ1) is 6.38. The van der Waals surface area contributed by atoms with E-state index in [4.69, 9.17) is 0 Å². The van der Waals surface area contributed by atoms with Crippen LogP contribution in [-0.4, -0.2) is 16.5 Å². The number of anilines is 1. The lowest BCUT2D eigenvalue weighted by Gasteiger charge is -2.19. The van der Waals surface area contributed by atoms with Gasteiger partial charge in [-0.1, -0.05) is 20.8 Å². The van der Waals surface area contributed by atoms with E-state index in [1.165, 1.54) is 0 Å². The minimum atomic E-state index is 0.262. The summed E-state index contributed by atoms with van der Waals surface area (Å²) < 4.78 is 0. The van der Waals surface area contributed by atoms with Crippen LogP contribution in [-0.2, 0) is 0 Å². The quantitative estimate of drug-likeness (QED) is 0.784. The summed E-state index contributed by atoms with van der Waals surface area (Å²) in [7, 11) is 0. The molecule has 1 aromatic heterocycles. The van der Waals surface area contributed by atoms with Gasteiger partial charge in [0.25, 0.3) is 0 Å². The highest BCUT2D eigenvalue weighted by molar-refractivity contribution is 5.39. The van der Waals surface area contributed by atoms with Gasteiger partial charge in [0.05, 0.1) is 11.4 Å². The number of nitrogens with one attached hydrogen (secondary N) is 1. The third-order valence-electron chi connectivity index (χ3n) is 1.86. The van der Waals surface area contributed by atoms with Crippen LogP contribution in [0.15, 0.2) is 6.20 Å². The first-order valence-corrected chi connectivity index (χ1v) is 4.92. The number of aromatic nitrogens is 2. The molecule has 0 aromatic carbocycles. The summed E-state index contributed by atoms with van der Waals surface area (Å²) in [5.41, 5.74) is 2.17. The van der Waals surface area contributed by atoms with Crippen molar-refractivity contribution in [3.8, 4) is 0 Å². The van der Waals surface area contributed by atoms with Gasteiger partial charge in [0.1, 0.15) is 5.82 Å². The second kappa shape index (κ2) is 3.95. The van der Waals surface area contributed by atoms with E-state index in [0.717, 1.165) is 23.8 Å². The van der Waals surface area contributed by atoms with E-state index in [1.54, 1.807) is 6.20 Å². The summed E-state index contributed by atoms with van der Waals surface area (Å²) in [5.74, 6) is 0.903. The Morgan fingerprint density at radius 2 is 1.93 bits per heavy atom. The van der Waals surface area contributed by atoms with Gasteiger partial charge in [0, 0.05) is 12.7 Å². The Bertz CT molecular complexity index is 313. The molecule has 0 atom stereocenters. The molecule has 14 heavy (non-hydrogen) atoms. The molecule has 0 aliphatic carbocycles. The SMILES string of the molecule is Cc1cnc(C)c(NCC(C)(C)C)n1. The van der Waals surface area contributed by atoms with Crippen LogP contribution in [0.1, 0.15) is 32.2 Å². The summed E-state index contributed by atoms with van der Waals surface area (Å²) in [6.45, 7) is 11.4. The lowest BCUT2D eigenvalue weighted by molar-refractivity contribution is 0.442. The second-order valence-corrected chi connectivity index (χ2v) is 4.86. The van der Waals surface area contributed by atoms with Gasteiger partial charge in [-0.05, 0) is 19.3 Å². The first-order valence-electron chi connectivity index (χ1n) is 4.92. The van der Waals surface area contributed by atoms with Crippen LogP contribution in [0.3, 0.4) is 0 Å². The smallest absolute Gasteiger partial charge is 0.147 e. The van der Waals surface area contributed by atoms with Gasteiger partial charge >= 0.3 is 0 Å². The van der Waals surface area contributed by atoms with E-state index >= 15 is 0 Å². The third kappa shape index (κ3) is 3.32. The van der Waals surface area contributed by atoms with E-state index < -0.39 is 0 Å². The summed E-state index contributed by atoms with van der Waals surface area (Å²) >= 11 is 0. The zero-order valence-corrected chi connectivity index (χ0v) is 9.68. The lowest BCUT2D eigenvalue weighted by Crippen LogP contribution is -2.20. The molecule has 0 aliphatic rings. The van der Waals surface area contributed by atoms with Crippen molar-refractivity contribution < 1.29 is 0 Å². The Hall–Kier alpha value is -1.12. The standard InChI is InChI=1S/C11H19N3/c1-8-6-12-9(2)10(14-8)13-7-11(3,4)5/h6H,7H2,1-5H3,(H,13,14). The van der Waals surface area contributed by atoms with Gasteiger partial charge in [0.15, 0.2) is 0 Å². The summed E-state index contributed by atoms with van der Waals surface area (Å²) in [6.07, 6.45) is 1.79. The summed E-state index contributed by atoms with van der Waals surface area (Å²) in [4.78, 5) is 8.66. The molecule has 0 bridgehead atoms. The molecule has 0 saturated carbocycles. The normalized spacial score (nSPS) is 11.5. The van der Waals surface area contributed by atoms with E-state index in [0.29, 0.717) is 0 Å². The Morgan fingerprint density at radius 3 is 2.50 bits per heavy atom. The van der Waals surface area contributed by atoms with Crippen LogP contribution < -0.4 is 5.32 Å². The van der Waals surface area contributed by atoms with Crippen LogP contribution in [0.4, 0.5) is 5.82 Å². The number of nitrogens with zero attached hydrogens (tertiary/aromatic N) is 2. The molecule has 3 nitrogen and oxygen atoms in total. The molecule has 1 rings (SSSR count). The molecule has 1 N–H and O–H groups in total. The maximum Gasteiger partial charge on any atom is 0.147 e. The van der Waals surface area contributed by atoms with Crippen molar-refractivity contribution in [1.82, 2.24) is 9.97 Å². The highest BCUT2D eigenvalue weighted by atomic mass is 15.0. The zero-order valence-electron chi connectivity index (χ0n) is 9.68. The predicted octanol–water partition coefficient (Wildman–Crippen LogP) is 2.55. The van der Waals surface area contributed by atoms with Crippen LogP contribution in [0.5, 0.6) is 0 Å². The monoisotopic (exact) mass is 193 g/mol. The molecule has 1 heterocycles. The highest BCUT2D eigenvalue weighted by Crippen LogP contribution is 2.15. The molecular formula is C11H19N3. The average molecular weight is 193 g/mol. The van der Waals surface area contributed by atoms with Crippen LogP contribution in [0, 0.1) is 19.3 Å². The molecule has 1 aromatic rings. The van der Waals surface area contributed by atoms with Crippen molar-refractivity contribution in [2.24, 2.45) is 5.41 Å². The number of hydrogen-bond donors (Lipinski definition) is 1. The number of aryl methyl sites for hydroxylation is 2. The van der Waals surface area contributed by atoms with E-state index in [1.807, 2.05) is 13.8 Å². The number of rotatable bonds is 2. The topological polar surface area (TPSA) is 37.8 Å². The van der Waals surface area contributed by atoms with Crippen molar-refractivity contribution in [2.45, 2.75) is 34.6 Å². The van der Waals surface area contributed by atoms with Gasteiger partial charge in [-0.15, -0.1) is 0 Å². The molecular weight excluding hydrogens is 174 g/mol. The Morgan fingerprint density at radius 1 is 1.29 bits per heavy atom. The van der Waals surface area contributed by atoms with Gasteiger partial charge < -0.3 is 5.32 Å². The Balaban J connectivity index is 2.72. The molecule has 0 fully saturated rings. The molecule has 0 unspecified atom stereocenters. The number of hydrogen-bond acceptors (Lipinski definition) is 3. The van der Waals surface area contributed by atoms with E-state index in [9.17, 15) is 0 Å².